The molecule has 1 aromatic heterocycles. The van der Waals surface area contributed by atoms with E-state index in [4.69, 9.17) is 23.2 Å². The number of imidazole rings is 1. The van der Waals surface area contributed by atoms with E-state index >= 15 is 0 Å². The molecule has 0 saturated carbocycles. The number of anilines is 1. The van der Waals surface area contributed by atoms with E-state index in [2.05, 4.69) is 6.08 Å². The van der Waals surface area contributed by atoms with Crippen molar-refractivity contribution in [1.82, 2.24) is 9.05 Å². The molecular weight excluding hydrogens is 716 g/mol. The molecule has 1 spiro atoms. The van der Waals surface area contributed by atoms with Crippen molar-refractivity contribution in [3.8, 4) is 0 Å². The van der Waals surface area contributed by atoms with Gasteiger partial charge in [-0.1, -0.05) is 11.6 Å². The second kappa shape index (κ2) is 13.2. The third-order valence-electron chi connectivity index (χ3n) is 9.01. The number of hydrogen-bond acceptors (Lipinski definition) is 5. The lowest BCUT2D eigenvalue weighted by Crippen LogP contribution is -2.55. The Morgan fingerprint density at radius 2 is 1.85 bits per heavy atom. The Morgan fingerprint density at radius 3 is 2.46 bits per heavy atom. The summed E-state index contributed by atoms with van der Waals surface area (Å²) < 4.78 is 113. The van der Waals surface area contributed by atoms with Gasteiger partial charge in [0.25, 0.3) is 21.3 Å². The second-order valence-electron chi connectivity index (χ2n) is 11.9. The molecule has 1 saturated heterocycles. The van der Waals surface area contributed by atoms with Crippen LogP contribution in [-0.2, 0) is 39.5 Å². The van der Waals surface area contributed by atoms with Gasteiger partial charge in [-0.15, -0.1) is 0 Å². The summed E-state index contributed by atoms with van der Waals surface area (Å²) in [6, 6.07) is 2.09. The quantitative estimate of drug-likeness (QED) is 0.118. The largest absolute Gasteiger partial charge is 0.418 e. The van der Waals surface area contributed by atoms with Crippen LogP contribution in [-0.4, -0.2) is 54.7 Å². The van der Waals surface area contributed by atoms with Gasteiger partial charge in [-0.3, -0.25) is 14.0 Å². The first-order chi connectivity index (χ1) is 22.3. The zero-order valence-electron chi connectivity index (χ0n) is 26.4. The summed E-state index contributed by atoms with van der Waals surface area (Å²) in [7, 11) is -8.86. The minimum atomic E-state index is -4.80. The first kappa shape index (κ1) is 36.5. The summed E-state index contributed by atoms with van der Waals surface area (Å²) in [4.78, 5) is 1.71. The standard InChI is InChI=1S/C31H34Cl2F3N4O6S2/c1-4-37-25-18-22(32)20(3)16-24(25)39(13-6-7-15-47(41,42)43)28(37)10-8-11-29-38(5-2)26-19-23(33)21(31(34,35)36)17-27(26)40(29)14-9-12-30(40)48(44,45)46/h8,10-11,17-19,30H,4-7,9,12-15H2,1-3H3/q+1/p+2. The minimum Gasteiger partial charge on any atom is -0.292 e. The number of allylic oxidation sites excluding steroid dienone is 4. The maximum absolute atomic E-state index is 14.1. The van der Waals surface area contributed by atoms with E-state index in [1.165, 1.54) is 6.07 Å². The van der Waals surface area contributed by atoms with Crippen molar-refractivity contribution in [2.24, 2.45) is 0 Å². The highest BCUT2D eigenvalue weighted by atomic mass is 35.5. The van der Waals surface area contributed by atoms with Gasteiger partial charge in [-0.25, -0.2) is 4.48 Å². The third-order valence-corrected chi connectivity index (χ3v) is 11.8. The van der Waals surface area contributed by atoms with Crippen molar-refractivity contribution in [1.29, 1.82) is 0 Å². The number of unbranched alkanes of at least 4 members (excludes halogenated alkanes) is 1. The molecule has 0 radical (unpaired) electrons. The van der Waals surface area contributed by atoms with Crippen LogP contribution in [0.5, 0.6) is 0 Å². The lowest BCUT2D eigenvalue weighted by molar-refractivity contribution is -0.707. The molecule has 2 N–H and O–H groups in total. The molecule has 0 bridgehead atoms. The molecular formula is C31H36Cl2F3N4O6S2+3. The monoisotopic (exact) mass is 751 g/mol. The summed E-state index contributed by atoms with van der Waals surface area (Å²) in [5.74, 6) is 0.645. The first-order valence-corrected chi connectivity index (χ1v) is 19.2. The van der Waals surface area contributed by atoms with Gasteiger partial charge in [-0.2, -0.15) is 39.1 Å². The summed E-state index contributed by atoms with van der Waals surface area (Å²) in [5, 5.41) is 0.0172. The average Bonchev–Trinajstić information content (AvgIpc) is 3.61. The van der Waals surface area contributed by atoms with Crippen molar-refractivity contribution in [3.63, 3.8) is 0 Å². The van der Waals surface area contributed by atoms with E-state index in [1.807, 2.05) is 29.1 Å². The molecule has 260 valence electrons. The van der Waals surface area contributed by atoms with Crippen molar-refractivity contribution in [2.75, 3.05) is 23.7 Å². The second-order valence-corrected chi connectivity index (χ2v) is 15.8. The number of fused-ring (bicyclic) bond motifs is 3. The molecule has 1 fully saturated rings. The molecule has 0 amide bonds. The highest BCUT2D eigenvalue weighted by Crippen LogP contribution is 2.55. The maximum Gasteiger partial charge on any atom is 0.418 e. The van der Waals surface area contributed by atoms with Gasteiger partial charge in [0.15, 0.2) is 10.7 Å². The lowest BCUT2D eigenvalue weighted by Gasteiger charge is -2.35. The Labute approximate surface area is 287 Å². The van der Waals surface area contributed by atoms with Crippen molar-refractivity contribution >= 4 is 73.0 Å². The molecule has 48 heavy (non-hydrogen) atoms. The van der Waals surface area contributed by atoms with E-state index in [9.17, 15) is 39.1 Å². The molecule has 2 aromatic rings. The average molecular weight is 753 g/mol. The summed E-state index contributed by atoms with van der Waals surface area (Å²) in [6.45, 7) is 6.79. The van der Waals surface area contributed by atoms with E-state index in [0.29, 0.717) is 59.2 Å². The number of aromatic nitrogens is 2. The molecule has 2 aliphatic heterocycles. The van der Waals surface area contributed by atoms with Crippen LogP contribution in [0, 0.1) is 0 Å². The number of benzene rings is 1. The van der Waals surface area contributed by atoms with Crippen LogP contribution in [0.4, 0.5) is 24.5 Å². The number of rotatable bonds is 10. The maximum atomic E-state index is 14.1. The Morgan fingerprint density at radius 1 is 1.15 bits per heavy atom. The SMILES string of the molecule is CCN1C(=CC=Cc2n(CCCCS(=O)(=O)O)c3c([n+]2CC)=CC(Cl)=C(C)[C+]=3)[N+]2(CCCC2S(=O)(=O)O)c2cc(C(F)(F)F)c(Cl)cc21. The number of halogens is 5. The number of hydrogen-bond donors (Lipinski definition) is 2. The Hall–Kier alpha value is -2.75. The summed E-state index contributed by atoms with van der Waals surface area (Å²) >= 11 is 12.6. The fourth-order valence-electron chi connectivity index (χ4n) is 7.02. The molecule has 3 heterocycles. The predicted octanol–water partition coefficient (Wildman–Crippen LogP) is 4.81. The Bertz CT molecular complexity index is 2090. The molecule has 17 heteroatoms. The van der Waals surface area contributed by atoms with Gasteiger partial charge in [0.05, 0.1) is 29.4 Å². The number of quaternary nitrogens is 1. The van der Waals surface area contributed by atoms with Gasteiger partial charge in [0.2, 0.25) is 11.2 Å². The predicted molar refractivity (Wildman–Crippen MR) is 179 cm³/mol. The molecule has 2 unspecified atom stereocenters. The summed E-state index contributed by atoms with van der Waals surface area (Å²) in [5.41, 5.74) is 0.0197. The van der Waals surface area contributed by atoms with E-state index < -0.39 is 52.6 Å². The van der Waals surface area contributed by atoms with Gasteiger partial charge >= 0.3 is 21.6 Å². The smallest absolute Gasteiger partial charge is 0.292 e. The number of alkyl halides is 3. The lowest BCUT2D eigenvalue weighted by atomic mass is 10.1. The van der Waals surface area contributed by atoms with Crippen molar-refractivity contribution in [2.45, 2.75) is 71.1 Å². The fourth-order valence-corrected chi connectivity index (χ4v) is 9.25. The Kier molecular flexibility index (Phi) is 10.0. The van der Waals surface area contributed by atoms with Gasteiger partial charge in [0, 0.05) is 49.2 Å². The minimum absolute atomic E-state index is 0.0322. The first-order valence-electron chi connectivity index (χ1n) is 15.4. The normalized spacial score (nSPS) is 22.0. The van der Waals surface area contributed by atoms with Crippen LogP contribution >= 0.6 is 23.2 Å². The van der Waals surface area contributed by atoms with E-state index in [-0.39, 0.29) is 31.6 Å². The van der Waals surface area contributed by atoms with Gasteiger partial charge in [0.1, 0.15) is 30.0 Å². The fraction of sp³-hybridized carbons (Fsp3) is 0.452. The molecule has 3 aliphatic rings. The van der Waals surface area contributed by atoms with Crippen LogP contribution in [0.3, 0.4) is 0 Å². The van der Waals surface area contributed by atoms with E-state index in [0.717, 1.165) is 11.4 Å². The summed E-state index contributed by atoms with van der Waals surface area (Å²) in [6.07, 6.45) is 6.39. The highest BCUT2D eigenvalue weighted by molar-refractivity contribution is 7.86. The number of nitrogens with zero attached hydrogens (tertiary/aromatic N) is 4. The molecule has 10 nitrogen and oxygen atoms in total. The van der Waals surface area contributed by atoms with Crippen LogP contribution in [0.25, 0.3) is 18.2 Å². The van der Waals surface area contributed by atoms with Crippen molar-refractivity contribution < 1.29 is 43.7 Å². The van der Waals surface area contributed by atoms with Gasteiger partial charge in [-0.05, 0) is 45.8 Å². The van der Waals surface area contributed by atoms with Crippen LogP contribution in [0.1, 0.15) is 57.8 Å². The van der Waals surface area contributed by atoms with Crippen LogP contribution in [0.15, 0.2) is 40.7 Å². The van der Waals surface area contributed by atoms with Crippen LogP contribution in [0.2, 0.25) is 5.02 Å². The van der Waals surface area contributed by atoms with Crippen molar-refractivity contribution in [3.05, 3.63) is 67.8 Å². The molecule has 1 aliphatic carbocycles. The third kappa shape index (κ3) is 6.59. The molecule has 5 rings (SSSR count). The molecule has 1 aromatic carbocycles. The molecule has 2 atom stereocenters. The topological polar surface area (TPSA) is 121 Å². The van der Waals surface area contributed by atoms with Crippen LogP contribution < -0.4 is 24.6 Å². The zero-order valence-corrected chi connectivity index (χ0v) is 29.6. The Balaban J connectivity index is 1.69. The van der Waals surface area contributed by atoms with E-state index in [1.54, 1.807) is 30.1 Å². The zero-order chi connectivity index (χ0) is 35.4. The van der Waals surface area contributed by atoms with Gasteiger partial charge < -0.3 is 0 Å². The highest BCUT2D eigenvalue weighted by Gasteiger charge is 2.60.